The van der Waals surface area contributed by atoms with Crippen LogP contribution in [0.3, 0.4) is 0 Å². The van der Waals surface area contributed by atoms with E-state index in [2.05, 4.69) is 19.1 Å². The number of hydrogen-bond acceptors (Lipinski definition) is 2. The molecule has 0 fully saturated rings. The molecule has 2 heteroatoms. The first-order valence-electron chi connectivity index (χ1n) is 6.25. The van der Waals surface area contributed by atoms with Crippen molar-refractivity contribution in [3.8, 4) is 0 Å². The molecule has 1 unspecified atom stereocenters. The molecule has 15 heavy (non-hydrogen) atoms. The molecule has 2 N–H and O–H groups in total. The summed E-state index contributed by atoms with van der Waals surface area (Å²) in [5.41, 5.74) is 0. The van der Waals surface area contributed by atoms with Crippen molar-refractivity contribution in [1.29, 1.82) is 0 Å². The second-order valence-electron chi connectivity index (χ2n) is 4.06. The van der Waals surface area contributed by atoms with E-state index in [0.29, 0.717) is 6.42 Å². The second kappa shape index (κ2) is 11.7. The molecule has 0 spiro atoms. The number of unbranched alkanes of at least 4 members (excludes halogenated alkanes) is 4. The Morgan fingerprint density at radius 1 is 1.00 bits per heavy atom. The smallest absolute Gasteiger partial charge is 0.0565 e. The highest BCUT2D eigenvalue weighted by Gasteiger charge is 1.99. The Morgan fingerprint density at radius 3 is 2.40 bits per heavy atom. The van der Waals surface area contributed by atoms with Crippen LogP contribution in [-0.4, -0.2) is 22.9 Å². The van der Waals surface area contributed by atoms with Gasteiger partial charge >= 0.3 is 0 Å². The average molecular weight is 214 g/mol. The van der Waals surface area contributed by atoms with E-state index in [0.717, 1.165) is 19.3 Å². The molecule has 0 aliphatic carbocycles. The third kappa shape index (κ3) is 11.6. The summed E-state index contributed by atoms with van der Waals surface area (Å²) in [5, 5.41) is 17.9. The lowest BCUT2D eigenvalue weighted by atomic mass is 10.1. The summed E-state index contributed by atoms with van der Waals surface area (Å²) in [6, 6.07) is 0. The van der Waals surface area contributed by atoms with Gasteiger partial charge in [0, 0.05) is 6.61 Å². The zero-order chi connectivity index (χ0) is 11.4. The Bertz CT molecular complexity index is 143. The zero-order valence-electron chi connectivity index (χ0n) is 9.99. The fraction of sp³-hybridized carbons (Fsp3) is 0.846. The minimum Gasteiger partial charge on any atom is -0.396 e. The van der Waals surface area contributed by atoms with Crippen LogP contribution in [0.5, 0.6) is 0 Å². The predicted octanol–water partition coefficient (Wildman–Crippen LogP) is 3.04. The lowest BCUT2D eigenvalue weighted by molar-refractivity contribution is 0.126. The number of allylic oxidation sites excluding steroid dienone is 2. The molecule has 0 saturated heterocycles. The Morgan fingerprint density at radius 2 is 1.73 bits per heavy atom. The van der Waals surface area contributed by atoms with Crippen LogP contribution in [0.15, 0.2) is 12.2 Å². The van der Waals surface area contributed by atoms with Crippen molar-refractivity contribution in [3.63, 3.8) is 0 Å². The van der Waals surface area contributed by atoms with Gasteiger partial charge < -0.3 is 10.2 Å². The predicted molar refractivity (Wildman–Crippen MR) is 64.8 cm³/mol. The Kier molecular flexibility index (Phi) is 11.5. The van der Waals surface area contributed by atoms with E-state index in [4.69, 9.17) is 5.11 Å². The van der Waals surface area contributed by atoms with Crippen LogP contribution in [0.4, 0.5) is 0 Å². The highest BCUT2D eigenvalue weighted by molar-refractivity contribution is 4.82. The summed E-state index contributed by atoms with van der Waals surface area (Å²) in [6.07, 6.45) is 12.6. The van der Waals surface area contributed by atoms with E-state index < -0.39 is 0 Å². The molecule has 0 saturated carbocycles. The summed E-state index contributed by atoms with van der Waals surface area (Å²) in [7, 11) is 0. The van der Waals surface area contributed by atoms with Crippen LogP contribution in [0.1, 0.15) is 58.3 Å². The standard InChI is InChI=1S/C13H26O2/c1-2-3-4-5-6-7-8-9-10-13(15)11-12-14/h7-8,13-15H,2-6,9-12H2,1H3/b8-7-. The highest BCUT2D eigenvalue weighted by Crippen LogP contribution is 2.05. The molecule has 0 aromatic rings. The first-order valence-corrected chi connectivity index (χ1v) is 6.25. The third-order valence-electron chi connectivity index (χ3n) is 2.52. The van der Waals surface area contributed by atoms with Gasteiger partial charge in [0.15, 0.2) is 0 Å². The maximum atomic E-state index is 9.33. The van der Waals surface area contributed by atoms with Crippen LogP contribution in [0.25, 0.3) is 0 Å². The summed E-state index contributed by atoms with van der Waals surface area (Å²) in [5.74, 6) is 0. The fourth-order valence-electron chi connectivity index (χ4n) is 1.51. The zero-order valence-corrected chi connectivity index (χ0v) is 9.99. The summed E-state index contributed by atoms with van der Waals surface area (Å²) in [6.45, 7) is 2.31. The first kappa shape index (κ1) is 14.7. The molecule has 0 aromatic heterocycles. The molecule has 2 nitrogen and oxygen atoms in total. The number of aliphatic hydroxyl groups excluding tert-OH is 2. The molecule has 0 heterocycles. The van der Waals surface area contributed by atoms with Gasteiger partial charge in [-0.25, -0.2) is 0 Å². The van der Waals surface area contributed by atoms with Gasteiger partial charge in [0.25, 0.3) is 0 Å². The van der Waals surface area contributed by atoms with Crippen molar-refractivity contribution in [2.45, 2.75) is 64.4 Å². The Hall–Kier alpha value is -0.340. The fourth-order valence-corrected chi connectivity index (χ4v) is 1.51. The van der Waals surface area contributed by atoms with Crippen LogP contribution < -0.4 is 0 Å². The molecule has 0 bridgehead atoms. The lowest BCUT2D eigenvalue weighted by Gasteiger charge is -2.05. The number of aliphatic hydroxyl groups is 2. The van der Waals surface area contributed by atoms with E-state index >= 15 is 0 Å². The quantitative estimate of drug-likeness (QED) is 0.433. The van der Waals surface area contributed by atoms with Crippen LogP contribution in [-0.2, 0) is 0 Å². The van der Waals surface area contributed by atoms with Crippen LogP contribution in [0.2, 0.25) is 0 Å². The van der Waals surface area contributed by atoms with Gasteiger partial charge in [-0.1, -0.05) is 38.3 Å². The summed E-state index contributed by atoms with van der Waals surface area (Å²) < 4.78 is 0. The van der Waals surface area contributed by atoms with Crippen molar-refractivity contribution >= 4 is 0 Å². The first-order chi connectivity index (χ1) is 7.31. The van der Waals surface area contributed by atoms with Gasteiger partial charge in [-0.15, -0.1) is 0 Å². The van der Waals surface area contributed by atoms with E-state index in [1.807, 2.05) is 0 Å². The van der Waals surface area contributed by atoms with Gasteiger partial charge in [0.05, 0.1) is 6.10 Å². The topological polar surface area (TPSA) is 40.5 Å². The Balaban J connectivity index is 3.16. The molecular formula is C13H26O2. The van der Waals surface area contributed by atoms with Crippen molar-refractivity contribution in [1.82, 2.24) is 0 Å². The monoisotopic (exact) mass is 214 g/mol. The highest BCUT2D eigenvalue weighted by atomic mass is 16.3. The minimum atomic E-state index is -0.334. The minimum absolute atomic E-state index is 0.0852. The molecule has 0 aliphatic heterocycles. The van der Waals surface area contributed by atoms with Gasteiger partial charge in [-0.2, -0.15) is 0 Å². The third-order valence-corrected chi connectivity index (χ3v) is 2.52. The molecule has 0 aliphatic rings. The van der Waals surface area contributed by atoms with Crippen LogP contribution >= 0.6 is 0 Å². The SMILES string of the molecule is CCCCCC/C=C\CCC(O)CCO. The van der Waals surface area contributed by atoms with Gasteiger partial charge in [-0.05, 0) is 32.1 Å². The van der Waals surface area contributed by atoms with E-state index in [1.165, 1.54) is 25.7 Å². The molecule has 0 radical (unpaired) electrons. The second-order valence-corrected chi connectivity index (χ2v) is 4.06. The summed E-state index contributed by atoms with van der Waals surface area (Å²) in [4.78, 5) is 0. The summed E-state index contributed by atoms with van der Waals surface area (Å²) >= 11 is 0. The van der Waals surface area contributed by atoms with Gasteiger partial charge in [-0.3, -0.25) is 0 Å². The maximum absolute atomic E-state index is 9.33. The number of hydrogen-bond donors (Lipinski definition) is 2. The molecule has 90 valence electrons. The van der Waals surface area contributed by atoms with Gasteiger partial charge in [0.2, 0.25) is 0 Å². The van der Waals surface area contributed by atoms with Crippen molar-refractivity contribution in [2.24, 2.45) is 0 Å². The van der Waals surface area contributed by atoms with Crippen molar-refractivity contribution in [2.75, 3.05) is 6.61 Å². The van der Waals surface area contributed by atoms with E-state index in [9.17, 15) is 5.11 Å². The lowest BCUT2D eigenvalue weighted by Crippen LogP contribution is -2.07. The molecule has 0 aromatic carbocycles. The average Bonchev–Trinajstić information content (AvgIpc) is 2.22. The maximum Gasteiger partial charge on any atom is 0.0565 e. The molecular weight excluding hydrogens is 188 g/mol. The van der Waals surface area contributed by atoms with Crippen molar-refractivity contribution < 1.29 is 10.2 Å². The van der Waals surface area contributed by atoms with E-state index in [-0.39, 0.29) is 12.7 Å². The number of rotatable bonds is 10. The van der Waals surface area contributed by atoms with Crippen LogP contribution in [0, 0.1) is 0 Å². The molecule has 0 rings (SSSR count). The van der Waals surface area contributed by atoms with E-state index in [1.54, 1.807) is 0 Å². The van der Waals surface area contributed by atoms with Crippen molar-refractivity contribution in [3.05, 3.63) is 12.2 Å². The molecule has 1 atom stereocenters. The Labute approximate surface area is 94.0 Å². The normalized spacial score (nSPS) is 13.5. The largest absolute Gasteiger partial charge is 0.396 e. The van der Waals surface area contributed by atoms with Gasteiger partial charge in [0.1, 0.15) is 0 Å². The molecule has 0 amide bonds.